The molecule has 0 radical (unpaired) electrons. The molecule has 2 heterocycles. The van der Waals surface area contributed by atoms with E-state index >= 15 is 0 Å². The lowest BCUT2D eigenvalue weighted by atomic mass is 9.90. The van der Waals surface area contributed by atoms with Crippen LogP contribution in [0, 0.1) is 5.92 Å². The average molecular weight is 571 g/mol. The van der Waals surface area contributed by atoms with Crippen molar-refractivity contribution in [3.05, 3.63) is 132 Å². The highest BCUT2D eigenvalue weighted by molar-refractivity contribution is 6.26. The van der Waals surface area contributed by atoms with E-state index in [9.17, 15) is 9.59 Å². The Bertz CT molecular complexity index is 1790. The Labute approximate surface area is 249 Å². The number of carbonyl (C=O) groups excluding carboxylic acids is 2. The molecule has 0 unspecified atom stereocenters. The van der Waals surface area contributed by atoms with Gasteiger partial charge in [-0.15, -0.1) is 0 Å². The minimum atomic E-state index is -0.971. The second-order valence-corrected chi connectivity index (χ2v) is 10.6. The first-order valence-corrected chi connectivity index (χ1v) is 14.4. The van der Waals surface area contributed by atoms with Crippen LogP contribution in [0.1, 0.15) is 24.1 Å². The van der Waals surface area contributed by atoms with E-state index in [0.717, 1.165) is 27.6 Å². The summed E-state index contributed by atoms with van der Waals surface area (Å²) >= 11 is 0. The summed E-state index contributed by atoms with van der Waals surface area (Å²) in [5, 5.41) is 3.48. The van der Waals surface area contributed by atoms with Crippen LogP contribution in [-0.4, -0.2) is 24.5 Å². The molecule has 2 saturated heterocycles. The van der Waals surface area contributed by atoms with Gasteiger partial charge in [-0.1, -0.05) is 91.0 Å². The number of rotatable bonds is 8. The summed E-state index contributed by atoms with van der Waals surface area (Å²) in [6.45, 7) is 2.74. The fraction of sp³-hybridized carbons (Fsp3) is 0.167. The molecule has 0 saturated carbocycles. The number of nitrogens with zero attached hydrogens (tertiary/aromatic N) is 2. The number of imide groups is 1. The SMILES string of the molecule is CCOc1cc([C@@H]2[C@H]3C(=O)N(c4cccc5ccccc45)C(=O)[C@@H]3ON2c2ccccc2)ccc1OCc1ccccc1. The summed E-state index contributed by atoms with van der Waals surface area (Å²) < 4.78 is 12.2. The Balaban J connectivity index is 1.28. The van der Waals surface area contributed by atoms with Crippen LogP contribution in [0.5, 0.6) is 11.5 Å². The molecule has 0 bridgehead atoms. The minimum absolute atomic E-state index is 0.294. The number of hydroxylamine groups is 1. The molecule has 0 spiro atoms. The third-order valence-corrected chi connectivity index (χ3v) is 7.98. The molecule has 7 rings (SSSR count). The Morgan fingerprint density at radius 3 is 2.23 bits per heavy atom. The summed E-state index contributed by atoms with van der Waals surface area (Å²) in [5.74, 6) is -0.269. The second kappa shape index (κ2) is 11.3. The number of carbonyl (C=O) groups is 2. The van der Waals surface area contributed by atoms with E-state index < -0.39 is 18.1 Å². The second-order valence-electron chi connectivity index (χ2n) is 10.6. The summed E-state index contributed by atoms with van der Waals surface area (Å²) in [7, 11) is 0. The van der Waals surface area contributed by atoms with Gasteiger partial charge in [-0.3, -0.25) is 14.4 Å². The van der Waals surface area contributed by atoms with Crippen molar-refractivity contribution in [1.82, 2.24) is 0 Å². The van der Waals surface area contributed by atoms with Gasteiger partial charge in [-0.05, 0) is 53.8 Å². The van der Waals surface area contributed by atoms with Gasteiger partial charge in [-0.2, -0.15) is 0 Å². The lowest BCUT2D eigenvalue weighted by molar-refractivity contribution is -0.126. The van der Waals surface area contributed by atoms with E-state index in [0.29, 0.717) is 30.4 Å². The maximum absolute atomic E-state index is 14.3. The van der Waals surface area contributed by atoms with Crippen LogP contribution >= 0.6 is 0 Å². The monoisotopic (exact) mass is 570 g/mol. The van der Waals surface area contributed by atoms with Gasteiger partial charge >= 0.3 is 0 Å². The number of benzene rings is 5. The number of para-hydroxylation sites is 1. The predicted octanol–water partition coefficient (Wildman–Crippen LogP) is 6.87. The molecule has 2 aliphatic rings. The molecule has 214 valence electrons. The van der Waals surface area contributed by atoms with E-state index in [1.54, 1.807) is 5.06 Å². The van der Waals surface area contributed by atoms with E-state index in [1.807, 2.05) is 128 Å². The maximum Gasteiger partial charge on any atom is 0.266 e. The van der Waals surface area contributed by atoms with Crippen molar-refractivity contribution in [2.75, 3.05) is 16.6 Å². The zero-order chi connectivity index (χ0) is 29.3. The van der Waals surface area contributed by atoms with Gasteiger partial charge in [0.1, 0.15) is 12.5 Å². The fourth-order valence-corrected chi connectivity index (χ4v) is 6.02. The highest BCUT2D eigenvalue weighted by Crippen LogP contribution is 2.49. The standard InChI is InChI=1S/C36H30N2O5/c1-2-41-31-22-26(20-21-30(31)42-23-24-12-5-3-6-13-24)33-32-34(43-38(33)27-16-7-4-8-17-27)36(40)37(35(32)39)29-19-11-15-25-14-9-10-18-28(25)29/h3-22,32-34H,2,23H2,1H3/t32-,33-,34-/m1/s1. The van der Waals surface area contributed by atoms with Crippen LogP contribution < -0.4 is 19.4 Å². The maximum atomic E-state index is 14.3. The summed E-state index contributed by atoms with van der Waals surface area (Å²) in [6, 6.07) is 38.0. The highest BCUT2D eigenvalue weighted by atomic mass is 16.7. The third-order valence-electron chi connectivity index (χ3n) is 7.98. The van der Waals surface area contributed by atoms with Crippen molar-refractivity contribution in [3.63, 3.8) is 0 Å². The van der Waals surface area contributed by atoms with Crippen LogP contribution in [0.3, 0.4) is 0 Å². The topological polar surface area (TPSA) is 68.3 Å². The first-order chi connectivity index (χ1) is 21.1. The molecule has 0 N–H and O–H groups in total. The molecule has 5 aromatic rings. The van der Waals surface area contributed by atoms with Gasteiger partial charge in [0.05, 0.1) is 24.0 Å². The van der Waals surface area contributed by atoms with Crippen molar-refractivity contribution in [3.8, 4) is 11.5 Å². The zero-order valence-corrected chi connectivity index (χ0v) is 23.6. The van der Waals surface area contributed by atoms with Gasteiger partial charge in [0.25, 0.3) is 5.91 Å². The molecule has 0 aromatic heterocycles. The van der Waals surface area contributed by atoms with Crippen LogP contribution in [0.15, 0.2) is 121 Å². The Morgan fingerprint density at radius 2 is 1.44 bits per heavy atom. The normalized spacial score (nSPS) is 19.6. The van der Waals surface area contributed by atoms with Crippen molar-refractivity contribution >= 4 is 34.0 Å². The number of amides is 2. The average Bonchev–Trinajstić information content (AvgIpc) is 3.56. The zero-order valence-electron chi connectivity index (χ0n) is 23.6. The van der Waals surface area contributed by atoms with Gasteiger partial charge < -0.3 is 9.47 Å². The number of anilines is 2. The van der Waals surface area contributed by atoms with Gasteiger partial charge in [-0.25, -0.2) is 9.96 Å². The Kier molecular flexibility index (Phi) is 7.01. The lowest BCUT2D eigenvalue weighted by Gasteiger charge is -2.29. The summed E-state index contributed by atoms with van der Waals surface area (Å²) in [5.41, 5.74) is 3.14. The fourth-order valence-electron chi connectivity index (χ4n) is 6.02. The van der Waals surface area contributed by atoms with Crippen LogP contribution in [0.25, 0.3) is 10.8 Å². The predicted molar refractivity (Wildman–Crippen MR) is 165 cm³/mol. The number of hydrogen-bond acceptors (Lipinski definition) is 6. The highest BCUT2D eigenvalue weighted by Gasteiger charge is 2.60. The van der Waals surface area contributed by atoms with Crippen molar-refractivity contribution in [2.45, 2.75) is 25.7 Å². The molecular weight excluding hydrogens is 540 g/mol. The van der Waals surface area contributed by atoms with Crippen molar-refractivity contribution in [1.29, 1.82) is 0 Å². The number of fused-ring (bicyclic) bond motifs is 2. The molecular formula is C36H30N2O5. The Hall–Kier alpha value is -5.14. The molecule has 5 aromatic carbocycles. The number of ether oxygens (including phenoxy) is 2. The largest absolute Gasteiger partial charge is 0.490 e. The first kappa shape index (κ1) is 26.7. The van der Waals surface area contributed by atoms with Gasteiger partial charge in [0, 0.05) is 5.39 Å². The molecule has 7 heteroatoms. The molecule has 2 amide bonds. The van der Waals surface area contributed by atoms with Crippen molar-refractivity contribution in [2.24, 2.45) is 5.92 Å². The van der Waals surface area contributed by atoms with Crippen LogP contribution in [-0.2, 0) is 21.0 Å². The quantitative estimate of drug-likeness (QED) is 0.190. The summed E-state index contributed by atoms with van der Waals surface area (Å²) in [6.07, 6.45) is -0.971. The van der Waals surface area contributed by atoms with Crippen LogP contribution in [0.2, 0.25) is 0 Å². The lowest BCUT2D eigenvalue weighted by Crippen LogP contribution is -2.37. The third kappa shape index (κ3) is 4.77. The summed E-state index contributed by atoms with van der Waals surface area (Å²) in [4.78, 5) is 35.9. The molecule has 0 aliphatic carbocycles. The van der Waals surface area contributed by atoms with Crippen LogP contribution in [0.4, 0.5) is 11.4 Å². The molecule has 7 nitrogen and oxygen atoms in total. The molecule has 2 aliphatic heterocycles. The molecule has 43 heavy (non-hydrogen) atoms. The van der Waals surface area contributed by atoms with E-state index in [2.05, 4.69) is 0 Å². The number of hydrogen-bond donors (Lipinski definition) is 0. The van der Waals surface area contributed by atoms with Gasteiger partial charge in [0.2, 0.25) is 5.91 Å². The minimum Gasteiger partial charge on any atom is -0.490 e. The molecule has 3 atom stereocenters. The molecule has 2 fully saturated rings. The van der Waals surface area contributed by atoms with E-state index in [1.165, 1.54) is 4.90 Å². The van der Waals surface area contributed by atoms with Crippen molar-refractivity contribution < 1.29 is 23.9 Å². The Morgan fingerprint density at radius 1 is 0.721 bits per heavy atom. The van der Waals surface area contributed by atoms with E-state index in [4.69, 9.17) is 14.3 Å². The van der Waals surface area contributed by atoms with E-state index in [-0.39, 0.29) is 11.8 Å². The smallest absolute Gasteiger partial charge is 0.266 e. The first-order valence-electron chi connectivity index (χ1n) is 14.4. The van der Waals surface area contributed by atoms with Gasteiger partial charge in [0.15, 0.2) is 17.6 Å².